The maximum Gasteiger partial charge on any atom is 0.0697 e. The van der Waals surface area contributed by atoms with E-state index in [0.717, 1.165) is 25.2 Å². The lowest BCUT2D eigenvalue weighted by Gasteiger charge is -2.42. The summed E-state index contributed by atoms with van der Waals surface area (Å²) < 4.78 is 5.69. The first-order chi connectivity index (χ1) is 7.99. The minimum absolute atomic E-state index is 0.139. The summed E-state index contributed by atoms with van der Waals surface area (Å²) in [5, 5.41) is 10.7. The highest BCUT2D eigenvalue weighted by atomic mass is 16.5. The Morgan fingerprint density at radius 3 is 2.53 bits per heavy atom. The second kappa shape index (κ2) is 5.27. The van der Waals surface area contributed by atoms with Crippen molar-refractivity contribution in [2.24, 2.45) is 5.92 Å². The number of hydrogen-bond donors (Lipinski definition) is 1. The van der Waals surface area contributed by atoms with E-state index < -0.39 is 5.60 Å². The minimum atomic E-state index is -0.459. The molecule has 0 aromatic carbocycles. The Bertz CT molecular complexity index is 243. The molecule has 0 amide bonds. The number of hydrogen-bond acceptors (Lipinski definition) is 2. The van der Waals surface area contributed by atoms with Gasteiger partial charge in [-0.3, -0.25) is 0 Å². The van der Waals surface area contributed by atoms with Crippen LogP contribution in [0.1, 0.15) is 71.6 Å². The molecule has 2 fully saturated rings. The Morgan fingerprint density at radius 2 is 1.88 bits per heavy atom. The molecule has 0 bridgehead atoms. The van der Waals surface area contributed by atoms with Crippen molar-refractivity contribution in [1.82, 2.24) is 0 Å². The largest absolute Gasteiger partial charge is 0.390 e. The fourth-order valence-electron chi connectivity index (χ4n) is 3.61. The van der Waals surface area contributed by atoms with Crippen molar-refractivity contribution < 1.29 is 9.84 Å². The standard InChI is InChI=1S/C15H28O2/c1-14(2)12-15(16,10-11-17-14)9-8-13-6-4-3-5-7-13/h13,16H,3-12H2,1-2H3. The van der Waals surface area contributed by atoms with Crippen LogP contribution in [0.25, 0.3) is 0 Å². The maximum absolute atomic E-state index is 10.7. The third kappa shape index (κ3) is 3.96. The number of rotatable bonds is 3. The van der Waals surface area contributed by atoms with Crippen LogP contribution in [-0.2, 0) is 4.74 Å². The maximum atomic E-state index is 10.7. The topological polar surface area (TPSA) is 29.5 Å². The monoisotopic (exact) mass is 240 g/mol. The normalized spacial score (nSPS) is 34.8. The van der Waals surface area contributed by atoms with Gasteiger partial charge in [-0.1, -0.05) is 32.1 Å². The third-order valence-corrected chi connectivity index (χ3v) is 4.56. The Labute approximate surface area is 106 Å². The molecule has 0 aromatic heterocycles. The van der Waals surface area contributed by atoms with Crippen molar-refractivity contribution in [3.8, 4) is 0 Å². The highest BCUT2D eigenvalue weighted by Gasteiger charge is 2.39. The van der Waals surface area contributed by atoms with Crippen LogP contribution < -0.4 is 0 Å². The van der Waals surface area contributed by atoms with Crippen molar-refractivity contribution in [2.45, 2.75) is 82.8 Å². The van der Waals surface area contributed by atoms with Crippen LogP contribution in [-0.4, -0.2) is 22.9 Å². The van der Waals surface area contributed by atoms with Gasteiger partial charge in [-0.25, -0.2) is 0 Å². The smallest absolute Gasteiger partial charge is 0.0697 e. The molecule has 17 heavy (non-hydrogen) atoms. The molecule has 0 radical (unpaired) electrons. The van der Waals surface area contributed by atoms with Crippen molar-refractivity contribution >= 4 is 0 Å². The Morgan fingerprint density at radius 1 is 1.18 bits per heavy atom. The van der Waals surface area contributed by atoms with Crippen LogP contribution >= 0.6 is 0 Å². The van der Waals surface area contributed by atoms with Crippen LogP contribution in [0.5, 0.6) is 0 Å². The van der Waals surface area contributed by atoms with E-state index in [9.17, 15) is 5.11 Å². The zero-order valence-electron chi connectivity index (χ0n) is 11.5. The van der Waals surface area contributed by atoms with Crippen molar-refractivity contribution in [3.05, 3.63) is 0 Å². The van der Waals surface area contributed by atoms with E-state index in [1.54, 1.807) is 0 Å². The lowest BCUT2D eigenvalue weighted by atomic mass is 9.77. The van der Waals surface area contributed by atoms with Crippen LogP contribution in [0, 0.1) is 5.92 Å². The van der Waals surface area contributed by atoms with Crippen LogP contribution in [0.3, 0.4) is 0 Å². The summed E-state index contributed by atoms with van der Waals surface area (Å²) in [7, 11) is 0. The fourth-order valence-corrected chi connectivity index (χ4v) is 3.61. The molecule has 1 unspecified atom stereocenters. The average molecular weight is 240 g/mol. The van der Waals surface area contributed by atoms with Gasteiger partial charge in [0.15, 0.2) is 0 Å². The summed E-state index contributed by atoms with van der Waals surface area (Å²) in [6.07, 6.45) is 10.8. The van der Waals surface area contributed by atoms with Crippen molar-refractivity contribution in [1.29, 1.82) is 0 Å². The molecule has 100 valence electrons. The first-order valence-corrected chi connectivity index (χ1v) is 7.36. The molecular weight excluding hydrogens is 212 g/mol. The van der Waals surface area contributed by atoms with E-state index in [4.69, 9.17) is 4.74 Å². The number of aliphatic hydroxyl groups is 1. The molecule has 2 nitrogen and oxygen atoms in total. The summed E-state index contributed by atoms with van der Waals surface area (Å²) >= 11 is 0. The van der Waals surface area contributed by atoms with Gasteiger partial charge in [-0.2, -0.15) is 0 Å². The predicted octanol–water partition coefficient (Wildman–Crippen LogP) is 3.67. The van der Waals surface area contributed by atoms with Crippen molar-refractivity contribution in [3.63, 3.8) is 0 Å². The lowest BCUT2D eigenvalue weighted by molar-refractivity contribution is -0.148. The SMILES string of the molecule is CC1(C)CC(O)(CCC2CCCCC2)CCO1. The first-order valence-electron chi connectivity index (χ1n) is 7.36. The number of ether oxygens (including phenoxy) is 1. The molecule has 1 aliphatic carbocycles. The minimum Gasteiger partial charge on any atom is -0.390 e. The zero-order chi connectivity index (χ0) is 12.4. The summed E-state index contributed by atoms with van der Waals surface area (Å²) in [5.41, 5.74) is -0.598. The van der Waals surface area contributed by atoms with E-state index in [0.29, 0.717) is 6.61 Å². The molecule has 1 N–H and O–H groups in total. The van der Waals surface area contributed by atoms with E-state index >= 15 is 0 Å². The highest BCUT2D eigenvalue weighted by Crippen LogP contribution is 2.37. The molecule has 1 atom stereocenters. The molecule has 1 heterocycles. The first kappa shape index (κ1) is 13.4. The zero-order valence-corrected chi connectivity index (χ0v) is 11.5. The van der Waals surface area contributed by atoms with Gasteiger partial charge in [0.25, 0.3) is 0 Å². The molecule has 2 rings (SSSR count). The summed E-state index contributed by atoms with van der Waals surface area (Å²) in [4.78, 5) is 0. The van der Waals surface area contributed by atoms with Gasteiger partial charge in [-0.15, -0.1) is 0 Å². The van der Waals surface area contributed by atoms with Gasteiger partial charge in [0.05, 0.1) is 17.8 Å². The average Bonchev–Trinajstić information content (AvgIpc) is 2.26. The molecular formula is C15H28O2. The molecule has 1 saturated carbocycles. The van der Waals surface area contributed by atoms with E-state index in [-0.39, 0.29) is 5.60 Å². The molecule has 0 spiro atoms. The third-order valence-electron chi connectivity index (χ3n) is 4.56. The Kier molecular flexibility index (Phi) is 4.14. The van der Waals surface area contributed by atoms with Gasteiger partial charge in [-0.05, 0) is 39.0 Å². The Balaban J connectivity index is 1.80. The summed E-state index contributed by atoms with van der Waals surface area (Å²) in [5.74, 6) is 0.874. The van der Waals surface area contributed by atoms with Gasteiger partial charge in [0.2, 0.25) is 0 Å². The van der Waals surface area contributed by atoms with E-state index in [2.05, 4.69) is 13.8 Å². The second-order valence-electron chi connectivity index (χ2n) is 6.80. The summed E-state index contributed by atoms with van der Waals surface area (Å²) in [6, 6.07) is 0. The van der Waals surface area contributed by atoms with Gasteiger partial charge in [0, 0.05) is 6.42 Å². The molecule has 1 aliphatic heterocycles. The predicted molar refractivity (Wildman–Crippen MR) is 70.0 cm³/mol. The molecule has 1 saturated heterocycles. The van der Waals surface area contributed by atoms with Crippen LogP contribution in [0.4, 0.5) is 0 Å². The van der Waals surface area contributed by atoms with E-state index in [1.165, 1.54) is 38.5 Å². The van der Waals surface area contributed by atoms with Gasteiger partial charge in [0.1, 0.15) is 0 Å². The van der Waals surface area contributed by atoms with Crippen molar-refractivity contribution in [2.75, 3.05) is 6.61 Å². The fraction of sp³-hybridized carbons (Fsp3) is 1.00. The van der Waals surface area contributed by atoms with Crippen LogP contribution in [0.2, 0.25) is 0 Å². The lowest BCUT2D eigenvalue weighted by Crippen LogP contribution is -2.46. The Hall–Kier alpha value is -0.0800. The highest BCUT2D eigenvalue weighted by molar-refractivity contribution is 4.90. The van der Waals surface area contributed by atoms with Gasteiger partial charge >= 0.3 is 0 Å². The van der Waals surface area contributed by atoms with E-state index in [1.807, 2.05) is 0 Å². The second-order valence-corrected chi connectivity index (χ2v) is 6.80. The summed E-state index contributed by atoms with van der Waals surface area (Å²) in [6.45, 7) is 4.91. The molecule has 2 heteroatoms. The molecule has 2 aliphatic rings. The molecule has 0 aromatic rings. The van der Waals surface area contributed by atoms with Crippen LogP contribution in [0.15, 0.2) is 0 Å². The van der Waals surface area contributed by atoms with Gasteiger partial charge < -0.3 is 9.84 Å². The quantitative estimate of drug-likeness (QED) is 0.815.